The van der Waals surface area contributed by atoms with Gasteiger partial charge in [0.15, 0.2) is 0 Å². The van der Waals surface area contributed by atoms with Crippen molar-refractivity contribution >= 4 is 5.91 Å². The Labute approximate surface area is 103 Å². The van der Waals surface area contributed by atoms with Crippen LogP contribution in [0.1, 0.15) is 35.7 Å². The van der Waals surface area contributed by atoms with Gasteiger partial charge in [-0.1, -0.05) is 26.0 Å². The average molecular weight is 230 g/mol. The number of hydrogen-bond acceptors (Lipinski definition) is 2. The number of amides is 1. The van der Waals surface area contributed by atoms with Crippen LogP contribution in [-0.4, -0.2) is 24.9 Å². The van der Waals surface area contributed by atoms with E-state index in [4.69, 9.17) is 5.26 Å². The monoisotopic (exact) mass is 230 g/mol. The summed E-state index contributed by atoms with van der Waals surface area (Å²) in [5.74, 6) is 0.142. The first-order valence-electron chi connectivity index (χ1n) is 5.68. The molecule has 90 valence electrons. The summed E-state index contributed by atoms with van der Waals surface area (Å²) < 4.78 is 0. The maximum atomic E-state index is 11.7. The zero-order valence-corrected chi connectivity index (χ0v) is 10.8. The minimum absolute atomic E-state index is 0.0189. The molecule has 0 bridgehead atoms. The molecule has 0 fully saturated rings. The van der Waals surface area contributed by atoms with Crippen LogP contribution in [0.25, 0.3) is 0 Å². The van der Waals surface area contributed by atoms with Crippen molar-refractivity contribution in [2.45, 2.75) is 19.8 Å². The van der Waals surface area contributed by atoms with Gasteiger partial charge in [0, 0.05) is 19.7 Å². The molecule has 0 saturated heterocycles. The van der Waals surface area contributed by atoms with E-state index in [0.717, 1.165) is 5.56 Å². The van der Waals surface area contributed by atoms with Gasteiger partial charge in [-0.2, -0.15) is 5.26 Å². The molecule has 0 aromatic heterocycles. The number of rotatable bonds is 3. The Morgan fingerprint density at radius 3 is 2.12 bits per heavy atom. The molecule has 0 aliphatic heterocycles. The van der Waals surface area contributed by atoms with E-state index < -0.39 is 0 Å². The Bertz CT molecular complexity index is 427. The van der Waals surface area contributed by atoms with E-state index >= 15 is 0 Å². The van der Waals surface area contributed by atoms with Gasteiger partial charge in [-0.15, -0.1) is 0 Å². The third-order valence-corrected chi connectivity index (χ3v) is 2.73. The smallest absolute Gasteiger partial charge is 0.253 e. The lowest BCUT2D eigenvalue weighted by Gasteiger charge is -2.14. The number of benzene rings is 1. The van der Waals surface area contributed by atoms with E-state index in [0.29, 0.717) is 5.56 Å². The Morgan fingerprint density at radius 2 is 1.76 bits per heavy atom. The second kappa shape index (κ2) is 5.49. The van der Waals surface area contributed by atoms with Crippen molar-refractivity contribution in [3.05, 3.63) is 35.4 Å². The molecule has 0 spiro atoms. The summed E-state index contributed by atoms with van der Waals surface area (Å²) in [5, 5.41) is 9.09. The molecule has 1 aromatic rings. The van der Waals surface area contributed by atoms with Crippen molar-refractivity contribution in [1.29, 1.82) is 5.26 Å². The van der Waals surface area contributed by atoms with Gasteiger partial charge in [0.05, 0.1) is 12.0 Å². The zero-order chi connectivity index (χ0) is 13.0. The van der Waals surface area contributed by atoms with Crippen LogP contribution in [0.3, 0.4) is 0 Å². The van der Waals surface area contributed by atoms with Gasteiger partial charge in [-0.05, 0) is 23.6 Å². The van der Waals surface area contributed by atoms with Crippen molar-refractivity contribution in [1.82, 2.24) is 4.90 Å². The van der Waals surface area contributed by atoms with Gasteiger partial charge in [-0.25, -0.2) is 0 Å². The molecule has 1 atom stereocenters. The van der Waals surface area contributed by atoms with Crippen LogP contribution >= 0.6 is 0 Å². The highest BCUT2D eigenvalue weighted by Gasteiger charge is 2.15. The van der Waals surface area contributed by atoms with E-state index in [9.17, 15) is 4.79 Å². The Balaban J connectivity index is 2.96. The molecule has 3 nitrogen and oxygen atoms in total. The van der Waals surface area contributed by atoms with Crippen LogP contribution in [0.2, 0.25) is 0 Å². The highest BCUT2D eigenvalue weighted by Crippen LogP contribution is 2.23. The first kappa shape index (κ1) is 13.2. The summed E-state index contributed by atoms with van der Waals surface area (Å²) in [6, 6.07) is 9.59. The molecule has 3 heteroatoms. The van der Waals surface area contributed by atoms with E-state index in [1.165, 1.54) is 0 Å². The topological polar surface area (TPSA) is 44.1 Å². The Morgan fingerprint density at radius 1 is 1.24 bits per heavy atom. The summed E-state index contributed by atoms with van der Waals surface area (Å²) in [5.41, 5.74) is 1.62. The van der Waals surface area contributed by atoms with Gasteiger partial charge in [-0.3, -0.25) is 4.79 Å². The van der Waals surface area contributed by atoms with Crippen LogP contribution < -0.4 is 0 Å². The number of nitrogens with zero attached hydrogens (tertiary/aromatic N) is 2. The standard InChI is InChI=1S/C14H18N2O/c1-10(2)13(9-15)11-5-7-12(8-6-11)14(17)16(3)4/h5-8,10,13H,1-4H3. The lowest BCUT2D eigenvalue weighted by atomic mass is 9.89. The molecular formula is C14H18N2O. The predicted molar refractivity (Wildman–Crippen MR) is 67.7 cm³/mol. The van der Waals surface area contributed by atoms with E-state index in [2.05, 4.69) is 6.07 Å². The molecular weight excluding hydrogens is 212 g/mol. The number of nitriles is 1. The zero-order valence-electron chi connectivity index (χ0n) is 10.8. The van der Waals surface area contributed by atoms with E-state index in [1.807, 2.05) is 26.0 Å². The molecule has 17 heavy (non-hydrogen) atoms. The second-order valence-electron chi connectivity index (χ2n) is 4.67. The Kier molecular flexibility index (Phi) is 4.28. The third-order valence-electron chi connectivity index (χ3n) is 2.73. The number of carbonyl (C=O) groups is 1. The molecule has 1 amide bonds. The van der Waals surface area contributed by atoms with Gasteiger partial charge in [0.1, 0.15) is 0 Å². The quantitative estimate of drug-likeness (QED) is 0.801. The van der Waals surface area contributed by atoms with Gasteiger partial charge >= 0.3 is 0 Å². The average Bonchev–Trinajstić information content (AvgIpc) is 2.29. The SMILES string of the molecule is CC(C)C(C#N)c1ccc(C(=O)N(C)C)cc1. The fourth-order valence-electron chi connectivity index (χ4n) is 1.70. The van der Waals surface area contributed by atoms with Crippen LogP contribution in [-0.2, 0) is 0 Å². The van der Waals surface area contributed by atoms with Crippen molar-refractivity contribution in [3.63, 3.8) is 0 Å². The van der Waals surface area contributed by atoms with Crippen LogP contribution in [0.15, 0.2) is 24.3 Å². The molecule has 0 radical (unpaired) electrons. The summed E-state index contributed by atoms with van der Waals surface area (Å²) in [6.45, 7) is 4.04. The molecule has 1 rings (SSSR count). The minimum Gasteiger partial charge on any atom is -0.345 e. The maximum absolute atomic E-state index is 11.7. The summed E-state index contributed by atoms with van der Waals surface area (Å²) in [4.78, 5) is 13.2. The molecule has 1 aromatic carbocycles. The van der Waals surface area contributed by atoms with Crippen molar-refractivity contribution in [2.75, 3.05) is 14.1 Å². The molecule has 0 heterocycles. The predicted octanol–water partition coefficient (Wildman–Crippen LogP) is 2.65. The fraction of sp³-hybridized carbons (Fsp3) is 0.429. The van der Waals surface area contributed by atoms with Crippen molar-refractivity contribution in [2.24, 2.45) is 5.92 Å². The molecule has 0 aliphatic rings. The maximum Gasteiger partial charge on any atom is 0.253 e. The third kappa shape index (κ3) is 3.07. The lowest BCUT2D eigenvalue weighted by molar-refractivity contribution is 0.0827. The fourth-order valence-corrected chi connectivity index (χ4v) is 1.70. The molecule has 1 unspecified atom stereocenters. The van der Waals surface area contributed by atoms with E-state index in [1.54, 1.807) is 31.1 Å². The first-order valence-corrected chi connectivity index (χ1v) is 5.68. The summed E-state index contributed by atoms with van der Waals surface area (Å²) in [6.07, 6.45) is 0. The van der Waals surface area contributed by atoms with Gasteiger partial charge in [0.25, 0.3) is 5.91 Å². The number of carbonyl (C=O) groups excluding carboxylic acids is 1. The largest absolute Gasteiger partial charge is 0.345 e. The van der Waals surface area contributed by atoms with Gasteiger partial charge < -0.3 is 4.90 Å². The summed E-state index contributed by atoms with van der Waals surface area (Å²) in [7, 11) is 3.45. The van der Waals surface area contributed by atoms with Gasteiger partial charge in [0.2, 0.25) is 0 Å². The molecule has 0 aliphatic carbocycles. The summed E-state index contributed by atoms with van der Waals surface area (Å²) >= 11 is 0. The Hall–Kier alpha value is -1.82. The van der Waals surface area contributed by atoms with Crippen molar-refractivity contribution in [3.8, 4) is 6.07 Å². The van der Waals surface area contributed by atoms with Crippen molar-refractivity contribution < 1.29 is 4.79 Å². The molecule has 0 N–H and O–H groups in total. The minimum atomic E-state index is -0.112. The van der Waals surface area contributed by atoms with Crippen LogP contribution in [0.5, 0.6) is 0 Å². The van der Waals surface area contributed by atoms with Crippen LogP contribution in [0, 0.1) is 17.2 Å². The second-order valence-corrected chi connectivity index (χ2v) is 4.67. The normalized spacial score (nSPS) is 12.0. The highest BCUT2D eigenvalue weighted by atomic mass is 16.2. The first-order chi connectivity index (χ1) is 7.97. The lowest BCUT2D eigenvalue weighted by Crippen LogP contribution is -2.21. The highest BCUT2D eigenvalue weighted by molar-refractivity contribution is 5.93. The van der Waals surface area contributed by atoms with Crippen LogP contribution in [0.4, 0.5) is 0 Å². The molecule has 0 saturated carbocycles. The van der Waals surface area contributed by atoms with E-state index in [-0.39, 0.29) is 17.7 Å². The number of hydrogen-bond donors (Lipinski definition) is 0.